The Bertz CT molecular complexity index is 417. The van der Waals surface area contributed by atoms with E-state index >= 15 is 0 Å². The lowest BCUT2D eigenvalue weighted by molar-refractivity contribution is 0.426. The molecule has 0 bridgehead atoms. The van der Waals surface area contributed by atoms with Gasteiger partial charge in [0, 0.05) is 13.6 Å². The molecule has 2 saturated carbocycles. The molecule has 0 atom stereocenters. The first kappa shape index (κ1) is 11.7. The second-order valence-electron chi connectivity index (χ2n) is 5.36. The van der Waals surface area contributed by atoms with E-state index in [1.165, 1.54) is 31.9 Å². The topological polar surface area (TPSA) is 49.8 Å². The smallest absolute Gasteiger partial charge is 0.224 e. The molecule has 0 spiro atoms. The fourth-order valence-corrected chi connectivity index (χ4v) is 2.59. The Morgan fingerprint density at radius 1 is 1.33 bits per heavy atom. The molecule has 5 heteroatoms. The summed E-state index contributed by atoms with van der Waals surface area (Å²) in [5, 5.41) is 5.99. The van der Waals surface area contributed by atoms with Crippen LogP contribution in [0.25, 0.3) is 0 Å². The maximum atomic E-state index is 13.6. The van der Waals surface area contributed by atoms with Crippen LogP contribution in [0.4, 0.5) is 16.2 Å². The van der Waals surface area contributed by atoms with Gasteiger partial charge in [0.1, 0.15) is 0 Å². The van der Waals surface area contributed by atoms with Gasteiger partial charge in [0.2, 0.25) is 5.95 Å². The van der Waals surface area contributed by atoms with E-state index in [1.807, 2.05) is 0 Å². The van der Waals surface area contributed by atoms with E-state index in [0.29, 0.717) is 17.7 Å². The van der Waals surface area contributed by atoms with Crippen LogP contribution in [0.5, 0.6) is 0 Å². The minimum atomic E-state index is -0.376. The molecule has 1 heterocycles. The van der Waals surface area contributed by atoms with Crippen LogP contribution < -0.4 is 10.6 Å². The molecule has 4 nitrogen and oxygen atoms in total. The van der Waals surface area contributed by atoms with Gasteiger partial charge in [-0.05, 0) is 43.4 Å². The first-order valence-corrected chi connectivity index (χ1v) is 6.72. The van der Waals surface area contributed by atoms with Crippen LogP contribution in [0.3, 0.4) is 0 Å². The zero-order valence-electron chi connectivity index (χ0n) is 10.6. The number of halogens is 1. The van der Waals surface area contributed by atoms with Gasteiger partial charge in [0.05, 0.1) is 6.20 Å². The highest BCUT2D eigenvalue weighted by molar-refractivity contribution is 5.40. The van der Waals surface area contributed by atoms with Crippen molar-refractivity contribution < 1.29 is 4.39 Å². The molecule has 0 unspecified atom stereocenters. The van der Waals surface area contributed by atoms with Crippen molar-refractivity contribution in [2.45, 2.75) is 25.7 Å². The molecule has 3 rings (SSSR count). The minimum Gasteiger partial charge on any atom is -0.367 e. The van der Waals surface area contributed by atoms with Gasteiger partial charge < -0.3 is 10.6 Å². The minimum absolute atomic E-state index is 0.320. The second-order valence-corrected chi connectivity index (χ2v) is 5.36. The summed E-state index contributed by atoms with van der Waals surface area (Å²) in [4.78, 5) is 7.96. The van der Waals surface area contributed by atoms with Crippen molar-refractivity contribution in [1.82, 2.24) is 9.97 Å². The summed E-state index contributed by atoms with van der Waals surface area (Å²) in [6.45, 7) is 0.840. The van der Waals surface area contributed by atoms with Crippen molar-refractivity contribution >= 4 is 11.8 Å². The molecular formula is C13H19FN4. The number of anilines is 2. The Labute approximate surface area is 106 Å². The first-order valence-electron chi connectivity index (χ1n) is 6.72. The predicted octanol–water partition coefficient (Wildman–Crippen LogP) is 2.51. The Hall–Kier alpha value is -1.39. The predicted molar refractivity (Wildman–Crippen MR) is 69.0 cm³/mol. The Morgan fingerprint density at radius 2 is 2.00 bits per heavy atom. The molecule has 2 fully saturated rings. The van der Waals surface area contributed by atoms with Crippen LogP contribution in [-0.4, -0.2) is 23.6 Å². The van der Waals surface area contributed by atoms with Crippen molar-refractivity contribution in [2.75, 3.05) is 24.2 Å². The zero-order chi connectivity index (χ0) is 12.5. The van der Waals surface area contributed by atoms with Gasteiger partial charge in [-0.1, -0.05) is 0 Å². The van der Waals surface area contributed by atoms with Gasteiger partial charge in [-0.15, -0.1) is 0 Å². The van der Waals surface area contributed by atoms with Crippen LogP contribution in [0.1, 0.15) is 25.7 Å². The number of hydrogen-bond donors (Lipinski definition) is 2. The summed E-state index contributed by atoms with van der Waals surface area (Å²) in [6.07, 6.45) is 6.59. The number of nitrogens with zero attached hydrogens (tertiary/aromatic N) is 2. The van der Waals surface area contributed by atoms with Crippen molar-refractivity contribution in [1.29, 1.82) is 0 Å². The van der Waals surface area contributed by atoms with Crippen LogP contribution in [0.15, 0.2) is 6.20 Å². The first-order chi connectivity index (χ1) is 8.78. The largest absolute Gasteiger partial charge is 0.367 e. The fraction of sp³-hybridized carbons (Fsp3) is 0.692. The van der Waals surface area contributed by atoms with Crippen LogP contribution in [0, 0.1) is 23.6 Å². The Morgan fingerprint density at radius 3 is 2.56 bits per heavy atom. The highest BCUT2D eigenvalue weighted by Gasteiger charge is 2.41. The summed E-state index contributed by atoms with van der Waals surface area (Å²) in [6, 6.07) is 0. The molecule has 0 aliphatic heterocycles. The lowest BCUT2D eigenvalue weighted by atomic mass is 9.98. The van der Waals surface area contributed by atoms with E-state index in [-0.39, 0.29) is 5.82 Å². The summed E-state index contributed by atoms with van der Waals surface area (Å²) in [5.74, 6) is 2.82. The van der Waals surface area contributed by atoms with Gasteiger partial charge in [-0.2, -0.15) is 4.98 Å². The molecule has 1 aromatic heterocycles. The lowest BCUT2D eigenvalue weighted by Crippen LogP contribution is -2.19. The van der Waals surface area contributed by atoms with Crippen molar-refractivity contribution in [2.24, 2.45) is 17.8 Å². The van der Waals surface area contributed by atoms with Gasteiger partial charge in [0.25, 0.3) is 0 Å². The summed E-state index contributed by atoms with van der Waals surface area (Å²) in [5.41, 5.74) is 0. The third-order valence-corrected chi connectivity index (χ3v) is 3.93. The maximum Gasteiger partial charge on any atom is 0.224 e. The van der Waals surface area contributed by atoms with Gasteiger partial charge in [-0.3, -0.25) is 0 Å². The molecule has 18 heavy (non-hydrogen) atoms. The Kier molecular flexibility index (Phi) is 3.06. The molecule has 0 radical (unpaired) electrons. The van der Waals surface area contributed by atoms with Crippen LogP contribution >= 0.6 is 0 Å². The van der Waals surface area contributed by atoms with E-state index in [9.17, 15) is 4.39 Å². The van der Waals surface area contributed by atoms with Crippen LogP contribution in [0.2, 0.25) is 0 Å². The van der Waals surface area contributed by atoms with Crippen molar-refractivity contribution in [3.8, 4) is 0 Å². The second kappa shape index (κ2) is 4.71. The maximum absolute atomic E-state index is 13.6. The van der Waals surface area contributed by atoms with Crippen molar-refractivity contribution in [3.63, 3.8) is 0 Å². The lowest BCUT2D eigenvalue weighted by Gasteiger charge is -2.17. The fourth-order valence-electron chi connectivity index (χ4n) is 2.59. The normalized spacial score (nSPS) is 19.1. The highest BCUT2D eigenvalue weighted by atomic mass is 19.1. The monoisotopic (exact) mass is 250 g/mol. The number of rotatable bonds is 6. The van der Waals surface area contributed by atoms with E-state index in [1.54, 1.807) is 7.05 Å². The molecule has 0 aromatic carbocycles. The quantitative estimate of drug-likeness (QED) is 0.814. The number of nitrogens with one attached hydrogen (secondary N) is 2. The molecule has 2 aliphatic rings. The number of hydrogen-bond acceptors (Lipinski definition) is 4. The van der Waals surface area contributed by atoms with Gasteiger partial charge in [-0.25, -0.2) is 9.37 Å². The van der Waals surface area contributed by atoms with Crippen LogP contribution in [-0.2, 0) is 0 Å². The van der Waals surface area contributed by atoms with Gasteiger partial charge >= 0.3 is 0 Å². The molecule has 0 saturated heterocycles. The molecule has 1 aromatic rings. The molecule has 0 amide bonds. The standard InChI is InChI=1S/C13H19FN4/c1-15-13-17-7-11(14)12(18-13)16-6-10(8-2-3-8)9-4-5-9/h7-10H,2-6H2,1H3,(H2,15,16,17,18). The third-order valence-electron chi connectivity index (χ3n) is 3.93. The van der Waals surface area contributed by atoms with E-state index in [4.69, 9.17) is 0 Å². The van der Waals surface area contributed by atoms with Crippen molar-refractivity contribution in [3.05, 3.63) is 12.0 Å². The molecule has 2 N–H and O–H groups in total. The van der Waals surface area contributed by atoms with E-state index in [0.717, 1.165) is 18.4 Å². The number of aromatic nitrogens is 2. The molecule has 2 aliphatic carbocycles. The SMILES string of the molecule is CNc1ncc(F)c(NCC(C2CC2)C2CC2)n1. The summed E-state index contributed by atoms with van der Waals surface area (Å²) in [7, 11) is 1.73. The third kappa shape index (κ3) is 2.54. The van der Waals surface area contributed by atoms with Gasteiger partial charge in [0.15, 0.2) is 11.6 Å². The summed E-state index contributed by atoms with van der Waals surface area (Å²) < 4.78 is 13.6. The average molecular weight is 250 g/mol. The average Bonchev–Trinajstić information content (AvgIpc) is 3.25. The highest BCUT2D eigenvalue weighted by Crippen LogP contribution is 2.49. The van der Waals surface area contributed by atoms with E-state index in [2.05, 4.69) is 20.6 Å². The zero-order valence-corrected chi connectivity index (χ0v) is 10.6. The molecule has 98 valence electrons. The van der Waals surface area contributed by atoms with E-state index < -0.39 is 0 Å². The molecular weight excluding hydrogens is 231 g/mol. The summed E-state index contributed by atoms with van der Waals surface area (Å²) >= 11 is 0. The Balaban J connectivity index is 1.64.